The molecule has 198 valence electrons. The quantitative estimate of drug-likeness (QED) is 0.117. The van der Waals surface area contributed by atoms with Crippen molar-refractivity contribution >= 4 is 29.1 Å². The Morgan fingerprint density at radius 3 is 2.34 bits per heavy atom. The summed E-state index contributed by atoms with van der Waals surface area (Å²) in [4.78, 5) is 27.3. The Labute approximate surface area is 226 Å². The van der Waals surface area contributed by atoms with Crippen molar-refractivity contribution in [1.82, 2.24) is 4.98 Å². The van der Waals surface area contributed by atoms with Gasteiger partial charge in [-0.25, -0.2) is 9.78 Å². The Morgan fingerprint density at radius 2 is 1.71 bits per heavy atom. The van der Waals surface area contributed by atoms with E-state index in [4.69, 9.17) is 14.6 Å². The number of benzene rings is 3. The second-order valence-electron chi connectivity index (χ2n) is 8.44. The van der Waals surface area contributed by atoms with Crippen LogP contribution in [-0.4, -0.2) is 11.0 Å². The molecule has 0 aliphatic carbocycles. The molecule has 3 aromatic carbocycles. The SMILES string of the molecule is CC(=O)OOc1ccc(SCc2sc(-c3ccc(C(F)(F)F)cc3)nc2COc2ccc(C)cc2)cc1C. The normalized spacial score (nSPS) is 11.3. The first-order valence-corrected chi connectivity index (χ1v) is 13.3. The number of thioether (sulfide) groups is 1. The van der Waals surface area contributed by atoms with E-state index in [-0.39, 0.29) is 6.61 Å². The van der Waals surface area contributed by atoms with Gasteiger partial charge in [-0.05, 0) is 61.9 Å². The monoisotopic (exact) mass is 559 g/mol. The van der Waals surface area contributed by atoms with Crippen molar-refractivity contribution in [3.05, 3.63) is 94.0 Å². The maximum atomic E-state index is 13.0. The topological polar surface area (TPSA) is 57.7 Å². The molecule has 4 aromatic rings. The summed E-state index contributed by atoms with van der Waals surface area (Å²) >= 11 is 3.00. The Bertz CT molecular complexity index is 1400. The zero-order chi connectivity index (χ0) is 27.3. The number of carbonyl (C=O) groups excluding carboxylic acids is 1. The summed E-state index contributed by atoms with van der Waals surface area (Å²) < 4.78 is 45.0. The lowest BCUT2D eigenvalue weighted by molar-refractivity contribution is -0.211. The van der Waals surface area contributed by atoms with Crippen LogP contribution >= 0.6 is 23.1 Å². The molecule has 1 heterocycles. The van der Waals surface area contributed by atoms with E-state index in [0.717, 1.165) is 38.7 Å². The van der Waals surface area contributed by atoms with E-state index >= 15 is 0 Å². The Hall–Kier alpha value is -3.50. The molecule has 4 rings (SSSR count). The third kappa shape index (κ3) is 7.29. The van der Waals surface area contributed by atoms with Gasteiger partial charge >= 0.3 is 12.1 Å². The number of alkyl halides is 3. The molecule has 0 unspecified atom stereocenters. The summed E-state index contributed by atoms with van der Waals surface area (Å²) in [6.07, 6.45) is -4.40. The molecular formula is C28H24F3NO4S2. The average Bonchev–Trinajstić information content (AvgIpc) is 3.29. The number of aromatic nitrogens is 1. The zero-order valence-electron chi connectivity index (χ0n) is 20.8. The van der Waals surface area contributed by atoms with Gasteiger partial charge in [0.25, 0.3) is 0 Å². The summed E-state index contributed by atoms with van der Waals surface area (Å²) in [7, 11) is 0. The minimum absolute atomic E-state index is 0.226. The molecule has 38 heavy (non-hydrogen) atoms. The smallest absolute Gasteiger partial charge is 0.416 e. The summed E-state index contributed by atoms with van der Waals surface area (Å²) in [6, 6.07) is 18.2. The second-order valence-corrected chi connectivity index (χ2v) is 10.6. The van der Waals surface area contributed by atoms with Gasteiger partial charge in [-0.2, -0.15) is 13.2 Å². The summed E-state index contributed by atoms with van der Waals surface area (Å²) in [6.45, 7) is 5.32. The number of rotatable bonds is 9. The highest BCUT2D eigenvalue weighted by Gasteiger charge is 2.30. The minimum Gasteiger partial charge on any atom is -0.487 e. The fourth-order valence-corrected chi connectivity index (χ4v) is 5.54. The number of thiazole rings is 1. The van der Waals surface area contributed by atoms with Crippen molar-refractivity contribution in [3.63, 3.8) is 0 Å². The van der Waals surface area contributed by atoms with E-state index in [9.17, 15) is 18.0 Å². The lowest BCUT2D eigenvalue weighted by atomic mass is 10.1. The van der Waals surface area contributed by atoms with Crippen molar-refractivity contribution in [2.45, 2.75) is 44.2 Å². The summed E-state index contributed by atoms with van der Waals surface area (Å²) in [5.74, 6) is 1.18. The number of aryl methyl sites for hydroxylation is 2. The van der Waals surface area contributed by atoms with Gasteiger partial charge in [0, 0.05) is 28.0 Å². The van der Waals surface area contributed by atoms with Crippen LogP contribution in [0.3, 0.4) is 0 Å². The molecule has 0 aliphatic heterocycles. The van der Waals surface area contributed by atoms with Gasteiger partial charge < -0.3 is 4.74 Å². The Balaban J connectivity index is 1.54. The maximum absolute atomic E-state index is 13.0. The van der Waals surface area contributed by atoms with Crippen molar-refractivity contribution < 1.29 is 32.5 Å². The number of nitrogens with zero attached hydrogens (tertiary/aromatic N) is 1. The fraction of sp³-hybridized carbons (Fsp3) is 0.214. The molecule has 0 amide bonds. The average molecular weight is 560 g/mol. The predicted molar refractivity (Wildman–Crippen MR) is 141 cm³/mol. The van der Waals surface area contributed by atoms with Crippen LogP contribution in [0.15, 0.2) is 71.6 Å². The van der Waals surface area contributed by atoms with Crippen LogP contribution in [0.2, 0.25) is 0 Å². The van der Waals surface area contributed by atoms with Crippen LogP contribution in [0.5, 0.6) is 11.5 Å². The van der Waals surface area contributed by atoms with Crippen LogP contribution in [0.25, 0.3) is 10.6 Å². The highest BCUT2D eigenvalue weighted by atomic mass is 32.2. The summed E-state index contributed by atoms with van der Waals surface area (Å²) in [5.41, 5.74) is 2.55. The van der Waals surface area contributed by atoms with Crippen molar-refractivity contribution in [1.29, 1.82) is 0 Å². The number of ether oxygens (including phenoxy) is 1. The molecule has 5 nitrogen and oxygen atoms in total. The van der Waals surface area contributed by atoms with E-state index in [1.54, 1.807) is 17.8 Å². The Morgan fingerprint density at radius 1 is 1.00 bits per heavy atom. The first-order valence-electron chi connectivity index (χ1n) is 11.5. The van der Waals surface area contributed by atoms with Gasteiger partial charge in [0.15, 0.2) is 5.75 Å². The molecule has 0 saturated heterocycles. The molecule has 0 spiro atoms. The molecule has 0 bridgehead atoms. The van der Waals surface area contributed by atoms with E-state index in [1.165, 1.54) is 30.4 Å². The molecule has 1 aromatic heterocycles. The minimum atomic E-state index is -4.40. The Kier molecular flexibility index (Phi) is 8.63. The van der Waals surface area contributed by atoms with Crippen LogP contribution < -0.4 is 9.62 Å². The second kappa shape index (κ2) is 11.9. The highest BCUT2D eigenvalue weighted by molar-refractivity contribution is 7.98. The fourth-order valence-electron chi connectivity index (χ4n) is 3.38. The van der Waals surface area contributed by atoms with Crippen molar-refractivity contribution in [3.8, 4) is 22.1 Å². The number of carbonyl (C=O) groups is 1. The van der Waals surface area contributed by atoms with Gasteiger partial charge in [-0.15, -0.1) is 23.1 Å². The number of hydrogen-bond acceptors (Lipinski definition) is 7. The molecule has 0 radical (unpaired) electrons. The van der Waals surface area contributed by atoms with Gasteiger partial charge in [-0.1, -0.05) is 29.8 Å². The van der Waals surface area contributed by atoms with E-state index in [1.807, 2.05) is 50.2 Å². The van der Waals surface area contributed by atoms with Gasteiger partial charge in [0.2, 0.25) is 0 Å². The van der Waals surface area contributed by atoms with Gasteiger partial charge in [-0.3, -0.25) is 9.78 Å². The van der Waals surface area contributed by atoms with Crippen LogP contribution in [0.4, 0.5) is 13.2 Å². The predicted octanol–water partition coefficient (Wildman–Crippen LogP) is 8.17. The van der Waals surface area contributed by atoms with E-state index < -0.39 is 17.7 Å². The highest BCUT2D eigenvalue weighted by Crippen LogP contribution is 2.36. The molecule has 0 atom stereocenters. The van der Waals surface area contributed by atoms with Crippen LogP contribution in [0, 0.1) is 13.8 Å². The maximum Gasteiger partial charge on any atom is 0.416 e. The van der Waals surface area contributed by atoms with E-state index in [2.05, 4.69) is 4.89 Å². The van der Waals surface area contributed by atoms with Gasteiger partial charge in [0.05, 0.1) is 11.3 Å². The number of hydrogen-bond donors (Lipinski definition) is 0. The van der Waals surface area contributed by atoms with E-state index in [0.29, 0.717) is 27.8 Å². The van der Waals surface area contributed by atoms with Crippen molar-refractivity contribution in [2.24, 2.45) is 0 Å². The number of halogens is 3. The summed E-state index contributed by atoms with van der Waals surface area (Å²) in [5, 5.41) is 0.623. The van der Waals surface area contributed by atoms with Crippen molar-refractivity contribution in [2.75, 3.05) is 0 Å². The molecule has 0 saturated carbocycles. The van der Waals surface area contributed by atoms with Crippen LogP contribution in [-0.2, 0) is 28.2 Å². The first kappa shape index (κ1) is 27.5. The molecular weight excluding hydrogens is 535 g/mol. The lowest BCUT2D eigenvalue weighted by Gasteiger charge is -2.09. The molecule has 0 fully saturated rings. The standard InChI is InChI=1S/C28H24F3NO4S2/c1-17-4-10-22(11-5-17)34-15-24-26(16-37-23-12-13-25(18(2)14-23)36-35-19(3)33)38-27(32-24)20-6-8-21(9-7-20)28(29,30)31/h4-14H,15-16H2,1-3H3. The van der Waals surface area contributed by atoms with Gasteiger partial charge in [0.1, 0.15) is 17.4 Å². The third-order valence-corrected chi connectivity index (χ3v) is 7.75. The third-order valence-electron chi connectivity index (χ3n) is 5.40. The molecule has 0 N–H and O–H groups in total. The zero-order valence-corrected chi connectivity index (χ0v) is 22.4. The largest absolute Gasteiger partial charge is 0.487 e. The van der Waals surface area contributed by atoms with Crippen LogP contribution in [0.1, 0.15) is 34.2 Å². The molecule has 10 heteroatoms. The lowest BCUT2D eigenvalue weighted by Crippen LogP contribution is -2.04. The first-order chi connectivity index (χ1) is 18.1. The molecule has 0 aliphatic rings.